The Labute approximate surface area is 142 Å². The zero-order valence-corrected chi connectivity index (χ0v) is 14.4. The molecule has 1 aliphatic rings. The molecule has 1 saturated heterocycles. The number of hydrogen-bond donors (Lipinski definition) is 0. The summed E-state index contributed by atoms with van der Waals surface area (Å²) in [6, 6.07) is 7.89. The fraction of sp³-hybridized carbons (Fsp3) is 0.556. The average Bonchev–Trinajstić information content (AvgIpc) is 3.28. The molecule has 0 unspecified atom stereocenters. The molecule has 0 radical (unpaired) electrons. The molecule has 0 N–H and O–H groups in total. The van der Waals surface area contributed by atoms with Gasteiger partial charge in [0, 0.05) is 26.6 Å². The summed E-state index contributed by atoms with van der Waals surface area (Å²) >= 11 is 0. The Hall–Kier alpha value is -1.92. The van der Waals surface area contributed by atoms with Gasteiger partial charge in [0.1, 0.15) is 11.6 Å². The van der Waals surface area contributed by atoms with Crippen molar-refractivity contribution in [3.63, 3.8) is 0 Å². The van der Waals surface area contributed by atoms with Crippen LogP contribution in [-0.2, 0) is 22.3 Å². The van der Waals surface area contributed by atoms with Crippen LogP contribution in [0.25, 0.3) is 5.69 Å². The van der Waals surface area contributed by atoms with Crippen molar-refractivity contribution in [3.05, 3.63) is 35.9 Å². The first kappa shape index (κ1) is 16.9. The minimum absolute atomic E-state index is 0.355. The zero-order chi connectivity index (χ0) is 16.8. The van der Waals surface area contributed by atoms with E-state index in [2.05, 4.69) is 5.10 Å². The summed E-state index contributed by atoms with van der Waals surface area (Å²) < 4.78 is 18.0. The molecule has 0 aliphatic carbocycles. The van der Waals surface area contributed by atoms with E-state index in [9.17, 15) is 0 Å². The Balaban J connectivity index is 1.79. The fourth-order valence-corrected chi connectivity index (χ4v) is 2.95. The molecule has 6 nitrogen and oxygen atoms in total. The molecule has 0 spiro atoms. The van der Waals surface area contributed by atoms with E-state index in [1.165, 1.54) is 0 Å². The highest BCUT2D eigenvalue weighted by Crippen LogP contribution is 2.20. The van der Waals surface area contributed by atoms with Gasteiger partial charge in [0.25, 0.3) is 0 Å². The molecular weight excluding hydrogens is 306 g/mol. The van der Waals surface area contributed by atoms with E-state index in [0.717, 1.165) is 55.4 Å². The lowest BCUT2D eigenvalue weighted by molar-refractivity contribution is 0.104. The van der Waals surface area contributed by atoms with Crippen molar-refractivity contribution in [3.8, 4) is 11.4 Å². The van der Waals surface area contributed by atoms with E-state index in [1.54, 1.807) is 14.2 Å². The van der Waals surface area contributed by atoms with Crippen LogP contribution in [0, 0.1) is 0 Å². The molecule has 130 valence electrons. The number of hydrogen-bond acceptors (Lipinski definition) is 5. The highest BCUT2D eigenvalue weighted by molar-refractivity contribution is 5.37. The zero-order valence-electron chi connectivity index (χ0n) is 14.4. The maximum absolute atomic E-state index is 5.73. The summed E-state index contributed by atoms with van der Waals surface area (Å²) in [6.45, 7) is 1.51. The van der Waals surface area contributed by atoms with Crippen LogP contribution in [0.2, 0.25) is 0 Å². The second-order valence-electron chi connectivity index (χ2n) is 5.97. The van der Waals surface area contributed by atoms with E-state index in [1.807, 2.05) is 28.9 Å². The number of nitrogens with zero attached hydrogens (tertiary/aromatic N) is 3. The summed E-state index contributed by atoms with van der Waals surface area (Å²) in [4.78, 5) is 4.71. The number of rotatable bonds is 8. The van der Waals surface area contributed by atoms with Gasteiger partial charge >= 0.3 is 0 Å². The third-order valence-corrected chi connectivity index (χ3v) is 4.28. The highest BCUT2D eigenvalue weighted by atomic mass is 16.5. The SMILES string of the molecule is COCCc1nc(CC[C@@H]2CCCO2)n(-c2ccc(OC)cc2)n1. The van der Waals surface area contributed by atoms with Gasteiger partial charge in [-0.15, -0.1) is 0 Å². The fourth-order valence-electron chi connectivity index (χ4n) is 2.95. The Morgan fingerprint density at radius 2 is 2.04 bits per heavy atom. The van der Waals surface area contributed by atoms with Gasteiger partial charge in [-0.2, -0.15) is 5.10 Å². The number of ether oxygens (including phenoxy) is 3. The average molecular weight is 331 g/mol. The van der Waals surface area contributed by atoms with E-state index >= 15 is 0 Å². The monoisotopic (exact) mass is 331 g/mol. The second kappa shape index (κ2) is 8.26. The van der Waals surface area contributed by atoms with Gasteiger partial charge in [-0.3, -0.25) is 0 Å². The first-order valence-electron chi connectivity index (χ1n) is 8.50. The quantitative estimate of drug-likeness (QED) is 0.744. The lowest BCUT2D eigenvalue weighted by Crippen LogP contribution is -2.10. The van der Waals surface area contributed by atoms with Gasteiger partial charge in [-0.05, 0) is 43.5 Å². The van der Waals surface area contributed by atoms with E-state index < -0.39 is 0 Å². The molecule has 2 aromatic rings. The molecule has 2 heterocycles. The molecule has 1 atom stereocenters. The lowest BCUT2D eigenvalue weighted by atomic mass is 10.1. The first-order valence-corrected chi connectivity index (χ1v) is 8.50. The second-order valence-corrected chi connectivity index (χ2v) is 5.97. The minimum atomic E-state index is 0.355. The van der Waals surface area contributed by atoms with Crippen LogP contribution in [0.15, 0.2) is 24.3 Å². The molecule has 0 bridgehead atoms. The van der Waals surface area contributed by atoms with E-state index in [4.69, 9.17) is 19.2 Å². The van der Waals surface area contributed by atoms with Crippen LogP contribution in [0.4, 0.5) is 0 Å². The molecular formula is C18H25N3O3. The standard InChI is InChI=1S/C18H25N3O3/c1-22-13-11-17-19-18(10-9-16-4-3-12-24-16)21(20-17)14-5-7-15(23-2)8-6-14/h5-8,16H,3-4,9-13H2,1-2H3/t16-/m0/s1. The van der Waals surface area contributed by atoms with Crippen molar-refractivity contribution in [2.75, 3.05) is 27.4 Å². The topological polar surface area (TPSA) is 58.4 Å². The van der Waals surface area contributed by atoms with Crippen molar-refractivity contribution >= 4 is 0 Å². The predicted molar refractivity (Wildman–Crippen MR) is 90.8 cm³/mol. The molecule has 24 heavy (non-hydrogen) atoms. The molecule has 0 amide bonds. The summed E-state index contributed by atoms with van der Waals surface area (Å²) in [7, 11) is 3.36. The summed E-state index contributed by atoms with van der Waals surface area (Å²) in [6.07, 6.45) is 5.22. The van der Waals surface area contributed by atoms with Crippen LogP contribution < -0.4 is 4.74 Å². The minimum Gasteiger partial charge on any atom is -0.497 e. The van der Waals surface area contributed by atoms with Gasteiger partial charge in [-0.1, -0.05) is 0 Å². The van der Waals surface area contributed by atoms with E-state index in [-0.39, 0.29) is 0 Å². The summed E-state index contributed by atoms with van der Waals surface area (Å²) in [5, 5.41) is 4.66. The number of benzene rings is 1. The Kier molecular flexibility index (Phi) is 5.82. The van der Waals surface area contributed by atoms with Gasteiger partial charge in [0.05, 0.1) is 25.5 Å². The third kappa shape index (κ3) is 4.13. The van der Waals surface area contributed by atoms with Gasteiger partial charge in [0.15, 0.2) is 5.82 Å². The third-order valence-electron chi connectivity index (χ3n) is 4.28. The van der Waals surface area contributed by atoms with Crippen molar-refractivity contribution in [2.24, 2.45) is 0 Å². The van der Waals surface area contributed by atoms with Crippen LogP contribution in [-0.4, -0.2) is 48.3 Å². The van der Waals surface area contributed by atoms with Crippen LogP contribution in [0.3, 0.4) is 0 Å². The van der Waals surface area contributed by atoms with Crippen molar-refractivity contribution in [2.45, 2.75) is 38.2 Å². The normalized spacial score (nSPS) is 17.3. The molecule has 1 aromatic heterocycles. The van der Waals surface area contributed by atoms with E-state index in [0.29, 0.717) is 19.1 Å². The van der Waals surface area contributed by atoms with Crippen molar-refractivity contribution < 1.29 is 14.2 Å². The molecule has 1 aromatic carbocycles. The van der Waals surface area contributed by atoms with Crippen molar-refractivity contribution in [1.29, 1.82) is 0 Å². The Morgan fingerprint density at radius 3 is 2.71 bits per heavy atom. The number of methoxy groups -OCH3 is 2. The molecule has 1 fully saturated rings. The highest BCUT2D eigenvalue weighted by Gasteiger charge is 2.18. The van der Waals surface area contributed by atoms with Crippen LogP contribution >= 0.6 is 0 Å². The van der Waals surface area contributed by atoms with Crippen molar-refractivity contribution in [1.82, 2.24) is 14.8 Å². The Bertz CT molecular complexity index is 633. The lowest BCUT2D eigenvalue weighted by Gasteiger charge is -2.10. The first-order chi connectivity index (χ1) is 11.8. The summed E-state index contributed by atoms with van der Waals surface area (Å²) in [5.41, 5.74) is 0.995. The molecule has 6 heteroatoms. The summed E-state index contributed by atoms with van der Waals surface area (Å²) in [5.74, 6) is 2.62. The van der Waals surface area contributed by atoms with Crippen LogP contribution in [0.5, 0.6) is 5.75 Å². The maximum Gasteiger partial charge on any atom is 0.153 e. The van der Waals surface area contributed by atoms with Gasteiger partial charge in [-0.25, -0.2) is 9.67 Å². The molecule has 1 aliphatic heterocycles. The predicted octanol–water partition coefficient (Wildman–Crippen LogP) is 2.58. The molecule has 0 saturated carbocycles. The smallest absolute Gasteiger partial charge is 0.153 e. The number of aryl methyl sites for hydroxylation is 1. The largest absolute Gasteiger partial charge is 0.497 e. The maximum atomic E-state index is 5.73. The van der Waals surface area contributed by atoms with Gasteiger partial charge < -0.3 is 14.2 Å². The van der Waals surface area contributed by atoms with Gasteiger partial charge in [0.2, 0.25) is 0 Å². The number of aromatic nitrogens is 3. The Morgan fingerprint density at radius 1 is 1.21 bits per heavy atom. The molecule has 3 rings (SSSR count). The van der Waals surface area contributed by atoms with Crippen LogP contribution in [0.1, 0.15) is 30.9 Å².